The smallest absolute Gasteiger partial charge is 0.202 e. The minimum absolute atomic E-state index is 0.188. The Bertz CT molecular complexity index is 435. The molecule has 0 N–H and O–H groups in total. The Kier molecular flexibility index (Phi) is 7.38. The van der Waals surface area contributed by atoms with Crippen LogP contribution in [0.5, 0.6) is 5.75 Å². The van der Waals surface area contributed by atoms with Crippen molar-refractivity contribution in [2.45, 2.75) is 59.2 Å². The van der Waals surface area contributed by atoms with E-state index in [0.717, 1.165) is 44.8 Å². The normalized spacial score (nSPS) is 18.8. The number of ether oxygens (including phenoxy) is 3. The quantitative estimate of drug-likeness (QED) is 0.631. The molecule has 2 rings (SSSR count). The average molecular weight is 320 g/mol. The first-order valence-corrected chi connectivity index (χ1v) is 9.06. The van der Waals surface area contributed by atoms with Crippen molar-refractivity contribution in [1.29, 1.82) is 0 Å². The first-order valence-electron chi connectivity index (χ1n) is 9.06. The Morgan fingerprint density at radius 2 is 1.74 bits per heavy atom. The lowest BCUT2D eigenvalue weighted by Gasteiger charge is -2.27. The van der Waals surface area contributed by atoms with Crippen LogP contribution in [0.3, 0.4) is 0 Å². The van der Waals surface area contributed by atoms with Crippen LogP contribution in [0.15, 0.2) is 24.3 Å². The highest BCUT2D eigenvalue weighted by atomic mass is 16.7. The van der Waals surface area contributed by atoms with Crippen LogP contribution in [0.4, 0.5) is 0 Å². The molecule has 0 spiro atoms. The Morgan fingerprint density at radius 1 is 1.09 bits per heavy atom. The topological polar surface area (TPSA) is 27.7 Å². The van der Waals surface area contributed by atoms with Crippen molar-refractivity contribution in [1.82, 2.24) is 0 Å². The first kappa shape index (κ1) is 18.3. The van der Waals surface area contributed by atoms with E-state index in [1.54, 1.807) is 0 Å². The standard InChI is InChI=1S/C20H32O3/c1-5-16(4)18-6-8-19(9-7-18)23-20(15(2)3)22-14-17-10-12-21-13-11-17/h6-9,15-17,20H,5,10-14H2,1-4H3. The molecule has 23 heavy (non-hydrogen) atoms. The zero-order valence-corrected chi connectivity index (χ0v) is 15.1. The third-order valence-electron chi connectivity index (χ3n) is 4.70. The summed E-state index contributed by atoms with van der Waals surface area (Å²) in [5.41, 5.74) is 1.36. The van der Waals surface area contributed by atoms with Gasteiger partial charge in [-0.2, -0.15) is 0 Å². The highest BCUT2D eigenvalue weighted by molar-refractivity contribution is 5.29. The van der Waals surface area contributed by atoms with Crippen LogP contribution in [0.2, 0.25) is 0 Å². The van der Waals surface area contributed by atoms with Crippen molar-refractivity contribution in [3.63, 3.8) is 0 Å². The fraction of sp³-hybridized carbons (Fsp3) is 0.700. The summed E-state index contributed by atoms with van der Waals surface area (Å²) in [5.74, 6) is 2.41. The van der Waals surface area contributed by atoms with E-state index in [1.165, 1.54) is 5.56 Å². The molecule has 2 atom stereocenters. The molecular weight excluding hydrogens is 288 g/mol. The molecule has 0 aliphatic carbocycles. The van der Waals surface area contributed by atoms with Gasteiger partial charge in [0.2, 0.25) is 6.29 Å². The summed E-state index contributed by atoms with van der Waals surface area (Å²) in [7, 11) is 0. The summed E-state index contributed by atoms with van der Waals surface area (Å²) in [4.78, 5) is 0. The highest BCUT2D eigenvalue weighted by Gasteiger charge is 2.20. The van der Waals surface area contributed by atoms with Crippen molar-refractivity contribution < 1.29 is 14.2 Å². The highest BCUT2D eigenvalue weighted by Crippen LogP contribution is 2.24. The molecule has 1 aromatic rings. The maximum atomic E-state index is 6.08. The maximum Gasteiger partial charge on any atom is 0.202 e. The van der Waals surface area contributed by atoms with Crippen LogP contribution in [0, 0.1) is 11.8 Å². The van der Waals surface area contributed by atoms with Gasteiger partial charge in [-0.15, -0.1) is 0 Å². The fourth-order valence-electron chi connectivity index (χ4n) is 2.75. The second kappa shape index (κ2) is 9.29. The van der Waals surface area contributed by atoms with Crippen LogP contribution >= 0.6 is 0 Å². The molecule has 0 radical (unpaired) electrons. The molecular formula is C20H32O3. The van der Waals surface area contributed by atoms with Crippen molar-refractivity contribution in [3.05, 3.63) is 29.8 Å². The maximum absolute atomic E-state index is 6.08. The zero-order chi connectivity index (χ0) is 16.7. The van der Waals surface area contributed by atoms with Gasteiger partial charge in [0.25, 0.3) is 0 Å². The lowest BCUT2D eigenvalue weighted by Crippen LogP contribution is -2.30. The summed E-state index contributed by atoms with van der Waals surface area (Å²) in [6, 6.07) is 8.46. The molecule has 3 nitrogen and oxygen atoms in total. The van der Waals surface area contributed by atoms with E-state index in [9.17, 15) is 0 Å². The van der Waals surface area contributed by atoms with Crippen molar-refractivity contribution in [2.75, 3.05) is 19.8 Å². The third kappa shape index (κ3) is 5.82. The Balaban J connectivity index is 1.88. The predicted octanol–water partition coefficient (Wildman–Crippen LogP) is 5.00. The molecule has 0 amide bonds. The van der Waals surface area contributed by atoms with Crippen molar-refractivity contribution >= 4 is 0 Å². The van der Waals surface area contributed by atoms with E-state index >= 15 is 0 Å². The van der Waals surface area contributed by atoms with Gasteiger partial charge in [-0.1, -0.05) is 39.8 Å². The van der Waals surface area contributed by atoms with E-state index in [1.807, 2.05) is 0 Å². The summed E-state index contributed by atoms with van der Waals surface area (Å²) >= 11 is 0. The van der Waals surface area contributed by atoms with Gasteiger partial charge >= 0.3 is 0 Å². The van der Waals surface area contributed by atoms with Crippen molar-refractivity contribution in [3.8, 4) is 5.75 Å². The van der Waals surface area contributed by atoms with E-state index in [4.69, 9.17) is 14.2 Å². The van der Waals surface area contributed by atoms with Crippen LogP contribution < -0.4 is 4.74 Å². The molecule has 0 aromatic heterocycles. The predicted molar refractivity (Wildman–Crippen MR) is 93.9 cm³/mol. The molecule has 1 aromatic carbocycles. The van der Waals surface area contributed by atoms with Gasteiger partial charge in [0.15, 0.2) is 0 Å². The van der Waals surface area contributed by atoms with E-state index in [2.05, 4.69) is 52.0 Å². The van der Waals surface area contributed by atoms with Gasteiger partial charge in [-0.05, 0) is 48.8 Å². The molecule has 1 heterocycles. The van der Waals surface area contributed by atoms with Gasteiger partial charge in [-0.3, -0.25) is 0 Å². The van der Waals surface area contributed by atoms with E-state index in [-0.39, 0.29) is 6.29 Å². The molecule has 0 saturated carbocycles. The molecule has 1 aliphatic heterocycles. The summed E-state index contributed by atoms with van der Waals surface area (Å²) < 4.78 is 17.6. The number of benzene rings is 1. The molecule has 1 saturated heterocycles. The Morgan fingerprint density at radius 3 is 2.30 bits per heavy atom. The summed E-state index contributed by atoms with van der Waals surface area (Å²) in [6.45, 7) is 11.2. The molecule has 3 heteroatoms. The second-order valence-corrected chi connectivity index (χ2v) is 7.00. The molecule has 2 unspecified atom stereocenters. The lowest BCUT2D eigenvalue weighted by atomic mass is 9.99. The van der Waals surface area contributed by atoms with Crippen LogP contribution in [-0.2, 0) is 9.47 Å². The third-order valence-corrected chi connectivity index (χ3v) is 4.70. The fourth-order valence-corrected chi connectivity index (χ4v) is 2.75. The Hall–Kier alpha value is -1.06. The Labute approximate surface area is 141 Å². The lowest BCUT2D eigenvalue weighted by molar-refractivity contribution is -0.124. The SMILES string of the molecule is CCC(C)c1ccc(OC(OCC2CCOCC2)C(C)C)cc1. The van der Waals surface area contributed by atoms with Gasteiger partial charge in [0.05, 0.1) is 6.61 Å². The van der Waals surface area contributed by atoms with Gasteiger partial charge in [-0.25, -0.2) is 0 Å². The average Bonchev–Trinajstić information content (AvgIpc) is 2.59. The van der Waals surface area contributed by atoms with Crippen LogP contribution in [0.25, 0.3) is 0 Å². The van der Waals surface area contributed by atoms with Crippen LogP contribution in [0.1, 0.15) is 58.4 Å². The monoisotopic (exact) mass is 320 g/mol. The van der Waals surface area contributed by atoms with E-state index < -0.39 is 0 Å². The molecule has 130 valence electrons. The summed E-state index contributed by atoms with van der Waals surface area (Å²) in [6.07, 6.45) is 3.15. The first-order chi connectivity index (χ1) is 11.1. The molecule has 0 bridgehead atoms. The minimum atomic E-state index is -0.188. The summed E-state index contributed by atoms with van der Waals surface area (Å²) in [5, 5.41) is 0. The number of hydrogen-bond acceptors (Lipinski definition) is 3. The van der Waals surface area contributed by atoms with E-state index in [0.29, 0.717) is 17.8 Å². The minimum Gasteiger partial charge on any atom is -0.465 e. The van der Waals surface area contributed by atoms with Crippen molar-refractivity contribution in [2.24, 2.45) is 11.8 Å². The van der Waals surface area contributed by atoms with Crippen LogP contribution in [-0.4, -0.2) is 26.1 Å². The van der Waals surface area contributed by atoms with Gasteiger partial charge < -0.3 is 14.2 Å². The van der Waals surface area contributed by atoms with Gasteiger partial charge in [0.1, 0.15) is 5.75 Å². The second-order valence-electron chi connectivity index (χ2n) is 7.00. The number of rotatable bonds is 8. The zero-order valence-electron chi connectivity index (χ0n) is 15.1. The van der Waals surface area contributed by atoms with Gasteiger partial charge in [0, 0.05) is 19.1 Å². The number of hydrogen-bond donors (Lipinski definition) is 0. The molecule has 1 fully saturated rings. The largest absolute Gasteiger partial charge is 0.465 e. The molecule has 1 aliphatic rings.